The summed E-state index contributed by atoms with van der Waals surface area (Å²) in [7, 11) is 0. The number of carbonyl (C=O) groups excluding carboxylic acids is 1. The molecule has 2 rings (SSSR count). The number of rotatable bonds is 0. The van der Waals surface area contributed by atoms with Gasteiger partial charge in [0, 0.05) is 11.8 Å². The number of ketones is 1. The topological polar surface area (TPSA) is 17.1 Å². The molecule has 0 aromatic rings. The number of fused-ring (bicyclic) bond motifs is 1. The van der Waals surface area contributed by atoms with Crippen LogP contribution in [0, 0.1) is 16.7 Å². The maximum absolute atomic E-state index is 11.6. The summed E-state index contributed by atoms with van der Waals surface area (Å²) in [4.78, 5) is 11.6. The third-order valence-electron chi connectivity index (χ3n) is 4.28. The molecule has 2 aliphatic rings. The maximum Gasteiger partial charge on any atom is 0.139 e. The van der Waals surface area contributed by atoms with Crippen molar-refractivity contribution in [2.75, 3.05) is 0 Å². The summed E-state index contributed by atoms with van der Waals surface area (Å²) in [5.41, 5.74) is 0.332. The average molecular weight is 152 g/mol. The molecule has 0 N–H and O–H groups in total. The Morgan fingerprint density at radius 3 is 2.36 bits per heavy atom. The second-order valence-electron chi connectivity index (χ2n) is 4.95. The predicted octanol–water partition coefficient (Wildman–Crippen LogP) is 2.40. The van der Waals surface area contributed by atoms with Crippen LogP contribution >= 0.6 is 0 Å². The van der Waals surface area contributed by atoms with Gasteiger partial charge in [0.05, 0.1) is 0 Å². The molecule has 0 heterocycles. The molecule has 11 heavy (non-hydrogen) atoms. The lowest BCUT2D eigenvalue weighted by Gasteiger charge is -2.56. The largest absolute Gasteiger partial charge is 0.299 e. The van der Waals surface area contributed by atoms with Crippen LogP contribution in [0.1, 0.15) is 40.0 Å². The Labute approximate surface area is 68.2 Å². The summed E-state index contributed by atoms with van der Waals surface area (Å²) in [6.07, 6.45) is 3.25. The van der Waals surface area contributed by atoms with Crippen LogP contribution in [0.2, 0.25) is 0 Å². The zero-order chi connectivity index (χ0) is 8.28. The van der Waals surface area contributed by atoms with Gasteiger partial charge >= 0.3 is 0 Å². The van der Waals surface area contributed by atoms with Crippen LogP contribution in [0.5, 0.6) is 0 Å². The zero-order valence-corrected chi connectivity index (χ0v) is 7.61. The van der Waals surface area contributed by atoms with E-state index in [1.54, 1.807) is 0 Å². The molecule has 0 aliphatic heterocycles. The van der Waals surface area contributed by atoms with E-state index in [1.807, 2.05) is 0 Å². The molecular weight excluding hydrogens is 136 g/mol. The Balaban J connectivity index is 2.36. The molecule has 0 saturated heterocycles. The predicted molar refractivity (Wildman–Crippen MR) is 44.2 cm³/mol. The second kappa shape index (κ2) is 1.70. The second-order valence-corrected chi connectivity index (χ2v) is 4.95. The van der Waals surface area contributed by atoms with Gasteiger partial charge in [0.1, 0.15) is 5.78 Å². The number of hydrogen-bond acceptors (Lipinski definition) is 1. The van der Waals surface area contributed by atoms with Crippen molar-refractivity contribution in [3.05, 3.63) is 0 Å². The Hall–Kier alpha value is -0.330. The fourth-order valence-electron chi connectivity index (χ4n) is 3.01. The molecule has 2 atom stereocenters. The number of carbonyl (C=O) groups is 1. The van der Waals surface area contributed by atoms with Gasteiger partial charge in [-0.3, -0.25) is 4.79 Å². The lowest BCUT2D eigenvalue weighted by Crippen LogP contribution is -2.53. The summed E-state index contributed by atoms with van der Waals surface area (Å²) in [5.74, 6) is 1.23. The van der Waals surface area contributed by atoms with Crippen molar-refractivity contribution in [2.45, 2.75) is 40.0 Å². The number of Topliss-reactive ketones (excluding diaryl/α,β-unsaturated/α-hetero) is 1. The first-order chi connectivity index (χ1) is 4.98. The van der Waals surface area contributed by atoms with Gasteiger partial charge in [0.25, 0.3) is 0 Å². The molecule has 2 aliphatic carbocycles. The third-order valence-corrected chi connectivity index (χ3v) is 4.28. The molecule has 1 nitrogen and oxygen atoms in total. The Kier molecular flexibility index (Phi) is 1.13. The molecular formula is C10H16O. The molecule has 62 valence electrons. The van der Waals surface area contributed by atoms with Gasteiger partial charge in [-0.05, 0) is 24.2 Å². The van der Waals surface area contributed by atoms with Crippen LogP contribution < -0.4 is 0 Å². The smallest absolute Gasteiger partial charge is 0.139 e. The highest BCUT2D eigenvalue weighted by Gasteiger charge is 2.63. The summed E-state index contributed by atoms with van der Waals surface area (Å²) in [6, 6.07) is 0. The molecule has 0 aromatic heterocycles. The summed E-state index contributed by atoms with van der Waals surface area (Å²) in [6.45, 7) is 6.62. The van der Waals surface area contributed by atoms with Crippen LogP contribution in [0.25, 0.3) is 0 Å². The summed E-state index contributed by atoms with van der Waals surface area (Å²) < 4.78 is 0. The van der Waals surface area contributed by atoms with Gasteiger partial charge in [0.2, 0.25) is 0 Å². The molecule has 0 amide bonds. The van der Waals surface area contributed by atoms with Crippen LogP contribution in [0.4, 0.5) is 0 Å². The van der Waals surface area contributed by atoms with Gasteiger partial charge < -0.3 is 0 Å². The minimum absolute atomic E-state index is 0.0486. The normalized spacial score (nSPS) is 46.8. The highest BCUT2D eigenvalue weighted by atomic mass is 16.1. The van der Waals surface area contributed by atoms with Crippen LogP contribution in [-0.4, -0.2) is 5.78 Å². The molecule has 0 spiro atoms. The SMILES string of the molecule is CC1(C)CC2CCC(=O)C21C. The quantitative estimate of drug-likeness (QED) is 0.521. The molecule has 2 unspecified atom stereocenters. The van der Waals surface area contributed by atoms with E-state index in [1.165, 1.54) is 6.42 Å². The first-order valence-corrected chi connectivity index (χ1v) is 4.52. The van der Waals surface area contributed by atoms with Gasteiger partial charge in [0.15, 0.2) is 0 Å². The van der Waals surface area contributed by atoms with Gasteiger partial charge in [-0.25, -0.2) is 0 Å². The van der Waals surface area contributed by atoms with Crippen molar-refractivity contribution in [1.29, 1.82) is 0 Å². The molecule has 1 heteroatoms. The van der Waals surface area contributed by atoms with E-state index in [-0.39, 0.29) is 10.8 Å². The minimum Gasteiger partial charge on any atom is -0.299 e. The highest BCUT2D eigenvalue weighted by molar-refractivity contribution is 5.89. The van der Waals surface area contributed by atoms with Crippen LogP contribution in [0.15, 0.2) is 0 Å². The summed E-state index contributed by atoms with van der Waals surface area (Å²) >= 11 is 0. The van der Waals surface area contributed by atoms with E-state index < -0.39 is 0 Å². The Morgan fingerprint density at radius 2 is 2.00 bits per heavy atom. The Morgan fingerprint density at radius 1 is 1.36 bits per heavy atom. The molecule has 0 radical (unpaired) electrons. The lowest BCUT2D eigenvalue weighted by atomic mass is 9.47. The highest BCUT2D eigenvalue weighted by Crippen LogP contribution is 2.65. The average Bonchev–Trinajstić information content (AvgIpc) is 2.14. The van der Waals surface area contributed by atoms with E-state index in [9.17, 15) is 4.79 Å². The molecule has 0 bridgehead atoms. The van der Waals surface area contributed by atoms with Crippen molar-refractivity contribution >= 4 is 5.78 Å². The third kappa shape index (κ3) is 0.605. The van der Waals surface area contributed by atoms with Gasteiger partial charge in [-0.1, -0.05) is 20.8 Å². The van der Waals surface area contributed by atoms with E-state index >= 15 is 0 Å². The van der Waals surface area contributed by atoms with Crippen molar-refractivity contribution in [3.8, 4) is 0 Å². The lowest BCUT2D eigenvalue weighted by molar-refractivity contribution is -0.149. The van der Waals surface area contributed by atoms with E-state index in [0.29, 0.717) is 11.7 Å². The fraction of sp³-hybridized carbons (Fsp3) is 0.900. The van der Waals surface area contributed by atoms with Crippen LogP contribution in [0.3, 0.4) is 0 Å². The van der Waals surface area contributed by atoms with E-state index in [0.717, 1.165) is 12.8 Å². The maximum atomic E-state index is 11.6. The van der Waals surface area contributed by atoms with Crippen molar-refractivity contribution < 1.29 is 4.79 Å². The first-order valence-electron chi connectivity index (χ1n) is 4.52. The molecule has 2 saturated carbocycles. The monoisotopic (exact) mass is 152 g/mol. The van der Waals surface area contributed by atoms with E-state index in [2.05, 4.69) is 20.8 Å². The standard InChI is InChI=1S/C10H16O/c1-9(2)6-7-4-5-8(11)10(7,9)3/h7H,4-6H2,1-3H3. The fourth-order valence-corrected chi connectivity index (χ4v) is 3.01. The van der Waals surface area contributed by atoms with Crippen molar-refractivity contribution in [1.82, 2.24) is 0 Å². The minimum atomic E-state index is 0.0486. The Bertz CT molecular complexity index is 217. The molecule has 0 aromatic carbocycles. The summed E-state index contributed by atoms with van der Waals surface area (Å²) in [5, 5.41) is 0. The van der Waals surface area contributed by atoms with Crippen molar-refractivity contribution in [2.24, 2.45) is 16.7 Å². The van der Waals surface area contributed by atoms with Crippen LogP contribution in [-0.2, 0) is 4.79 Å². The number of hydrogen-bond donors (Lipinski definition) is 0. The zero-order valence-electron chi connectivity index (χ0n) is 7.61. The first kappa shape index (κ1) is 7.33. The van der Waals surface area contributed by atoms with Crippen molar-refractivity contribution in [3.63, 3.8) is 0 Å². The van der Waals surface area contributed by atoms with Gasteiger partial charge in [-0.15, -0.1) is 0 Å². The van der Waals surface area contributed by atoms with E-state index in [4.69, 9.17) is 0 Å². The van der Waals surface area contributed by atoms with Gasteiger partial charge in [-0.2, -0.15) is 0 Å². The molecule has 2 fully saturated rings.